The normalized spacial score (nSPS) is 14.0. The van der Waals surface area contributed by atoms with Gasteiger partial charge in [0.25, 0.3) is 0 Å². The molecule has 86 valence electrons. The van der Waals surface area contributed by atoms with Crippen molar-refractivity contribution in [2.45, 2.75) is 0 Å². The maximum Gasteiger partial charge on any atom is 0.222 e. The summed E-state index contributed by atoms with van der Waals surface area (Å²) in [6, 6.07) is 0. The summed E-state index contributed by atoms with van der Waals surface area (Å²) in [4.78, 5) is -0.509. The molecule has 4 N–H and O–H groups in total. The van der Waals surface area contributed by atoms with Gasteiger partial charge in [-0.05, 0) is 12.2 Å². The Morgan fingerprint density at radius 1 is 1.38 bits per heavy atom. The van der Waals surface area contributed by atoms with E-state index in [1.165, 1.54) is 24.3 Å². The summed E-state index contributed by atoms with van der Waals surface area (Å²) in [6.45, 7) is 0. The Labute approximate surface area is 96.1 Å². The molecule has 0 amide bonds. The van der Waals surface area contributed by atoms with Gasteiger partial charge in [-0.3, -0.25) is 5.41 Å². The maximum absolute atomic E-state index is 10.4. The van der Waals surface area contributed by atoms with E-state index < -0.39 is 4.90 Å². The predicted molar refractivity (Wildman–Crippen MR) is 64.3 cm³/mol. The molecule has 7 heteroatoms. The zero-order valence-corrected chi connectivity index (χ0v) is 9.03. The van der Waals surface area contributed by atoms with Crippen LogP contribution in [0.4, 0.5) is 0 Å². The second-order valence-corrected chi connectivity index (χ2v) is 3.92. The van der Waals surface area contributed by atoms with Crippen LogP contribution in [-0.2, 0) is 0 Å². The fraction of sp³-hybridized carbons (Fsp3) is 0.111. The van der Waals surface area contributed by atoms with Crippen LogP contribution in [0.15, 0.2) is 35.6 Å². The van der Waals surface area contributed by atoms with Crippen LogP contribution in [0.1, 0.15) is 0 Å². The van der Waals surface area contributed by atoms with Gasteiger partial charge in [-0.25, -0.2) is 0 Å². The molecule has 0 radical (unpaired) electrons. The highest BCUT2D eigenvalue weighted by atomic mass is 32.2. The van der Waals surface area contributed by atoms with Gasteiger partial charge in [0, 0.05) is 17.7 Å². The van der Waals surface area contributed by atoms with Gasteiger partial charge in [0.05, 0.1) is 5.75 Å². The minimum Gasteiger partial charge on any atom is -0.612 e. The fourth-order valence-corrected chi connectivity index (χ4v) is 1.46. The highest BCUT2D eigenvalue weighted by molar-refractivity contribution is 8.13. The molecule has 0 aromatic heterocycles. The summed E-state index contributed by atoms with van der Waals surface area (Å²) < 4.78 is 0. The van der Waals surface area contributed by atoms with E-state index in [-0.39, 0.29) is 22.4 Å². The first kappa shape index (κ1) is 12.2. The van der Waals surface area contributed by atoms with Crippen molar-refractivity contribution in [3.63, 3.8) is 0 Å². The Balaban J connectivity index is 2.75. The van der Waals surface area contributed by atoms with Gasteiger partial charge >= 0.3 is 0 Å². The molecule has 1 rings (SSSR count). The molecule has 0 unspecified atom stereocenters. The highest BCUT2D eigenvalue weighted by Crippen LogP contribution is 2.14. The smallest absolute Gasteiger partial charge is 0.222 e. The van der Waals surface area contributed by atoms with Gasteiger partial charge in [0.2, 0.25) is 5.71 Å². The molecule has 0 fully saturated rings. The number of aliphatic hydroxyl groups excluding tert-OH is 1. The van der Waals surface area contributed by atoms with Crippen LogP contribution in [0, 0.1) is 15.8 Å². The predicted octanol–water partition coefficient (Wildman–Crippen LogP) is 1.00. The van der Waals surface area contributed by atoms with Gasteiger partial charge in [0.15, 0.2) is 5.17 Å². The van der Waals surface area contributed by atoms with E-state index in [1.807, 2.05) is 0 Å². The molecule has 16 heavy (non-hydrogen) atoms. The lowest BCUT2D eigenvalue weighted by Gasteiger charge is -2.09. The Morgan fingerprint density at radius 2 is 1.94 bits per heavy atom. The van der Waals surface area contributed by atoms with Crippen LogP contribution in [0.3, 0.4) is 0 Å². The number of hydrogen-bond acceptors (Lipinski definition) is 5. The summed E-state index contributed by atoms with van der Waals surface area (Å²) in [5.74, 6) is 0.211. The molecule has 6 nitrogen and oxygen atoms in total. The third kappa shape index (κ3) is 3.35. The molecule has 0 atom stereocenters. The number of rotatable bonds is 2. The van der Waals surface area contributed by atoms with Crippen molar-refractivity contribution in [1.82, 2.24) is 0 Å². The zero-order valence-electron chi connectivity index (χ0n) is 8.21. The van der Waals surface area contributed by atoms with E-state index in [0.717, 1.165) is 11.8 Å². The minimum atomic E-state index is -0.509. The van der Waals surface area contributed by atoms with E-state index in [1.54, 1.807) is 0 Å². The average Bonchev–Trinajstić information content (AvgIpc) is 2.26. The number of nitrogens with one attached hydrogen (secondary N) is 1. The molecule has 1 aliphatic rings. The summed E-state index contributed by atoms with van der Waals surface area (Å²) in [6.07, 6.45) is 5.52. The van der Waals surface area contributed by atoms with Crippen LogP contribution in [0.5, 0.6) is 0 Å². The van der Waals surface area contributed by atoms with Crippen molar-refractivity contribution in [2.24, 2.45) is 5.73 Å². The summed E-state index contributed by atoms with van der Waals surface area (Å²) in [5, 5.41) is 37.2. The van der Waals surface area contributed by atoms with Gasteiger partial charge in [-0.15, -0.1) is 0 Å². The average molecular weight is 240 g/mol. The van der Waals surface area contributed by atoms with Gasteiger partial charge in [-0.1, -0.05) is 11.8 Å². The van der Waals surface area contributed by atoms with Crippen molar-refractivity contribution in [3.05, 3.63) is 46.1 Å². The van der Waals surface area contributed by atoms with E-state index in [4.69, 9.17) is 11.1 Å². The van der Waals surface area contributed by atoms with Crippen LogP contribution >= 0.6 is 11.8 Å². The molecule has 0 heterocycles. The lowest BCUT2D eigenvalue weighted by Crippen LogP contribution is -2.08. The molecule has 0 aromatic carbocycles. The molecule has 0 aromatic rings. The van der Waals surface area contributed by atoms with Crippen LogP contribution in [0.25, 0.3) is 0 Å². The number of aliphatic hydroxyl groups is 1. The van der Waals surface area contributed by atoms with Crippen molar-refractivity contribution in [3.8, 4) is 0 Å². The van der Waals surface area contributed by atoms with Crippen molar-refractivity contribution in [1.29, 1.82) is 5.41 Å². The molecule has 0 saturated carbocycles. The molecule has 1 aliphatic carbocycles. The molecule has 0 bridgehead atoms. The molecular weight excluding hydrogens is 230 g/mol. The fourth-order valence-electron chi connectivity index (χ4n) is 1.00. The first-order valence-corrected chi connectivity index (χ1v) is 5.25. The van der Waals surface area contributed by atoms with Crippen LogP contribution < -0.4 is 5.73 Å². The largest absolute Gasteiger partial charge is 0.612 e. The Kier molecular flexibility index (Phi) is 4.01. The molecule has 0 aliphatic heterocycles. The van der Waals surface area contributed by atoms with Crippen molar-refractivity contribution in [2.75, 3.05) is 5.75 Å². The number of nitrogens with zero attached hydrogens (tertiary/aromatic N) is 1. The SMILES string of the molecule is N=C(N)SCC(O)=C1C=CC(=[N+]([O-])[O-])C=C1. The van der Waals surface area contributed by atoms with Gasteiger partial charge < -0.3 is 21.3 Å². The first-order chi connectivity index (χ1) is 7.50. The molecular formula is C9H10N3O3S-. The Hall–Kier alpha value is -1.89. The number of allylic oxidation sites excluding steroid dienone is 5. The summed E-state index contributed by atoms with van der Waals surface area (Å²) >= 11 is 0.985. The lowest BCUT2D eigenvalue weighted by molar-refractivity contribution is -0.377. The Bertz CT molecular complexity index is 402. The summed E-state index contributed by atoms with van der Waals surface area (Å²) in [7, 11) is 0. The third-order valence-corrected chi connectivity index (χ3v) is 2.50. The topological polar surface area (TPSA) is 119 Å². The number of nitrogens with two attached hydrogens (primary N) is 1. The summed E-state index contributed by atoms with van der Waals surface area (Å²) in [5.41, 5.74) is 5.57. The second-order valence-electron chi connectivity index (χ2n) is 2.90. The third-order valence-electron chi connectivity index (χ3n) is 1.78. The Morgan fingerprint density at radius 3 is 2.38 bits per heavy atom. The van der Waals surface area contributed by atoms with Crippen LogP contribution in [0.2, 0.25) is 0 Å². The number of amidine groups is 1. The quantitative estimate of drug-likeness (QED) is 0.219. The van der Waals surface area contributed by atoms with Crippen molar-refractivity contribution < 1.29 is 10.0 Å². The van der Waals surface area contributed by atoms with Gasteiger partial charge in [0.1, 0.15) is 5.76 Å². The number of hydrogen-bond donors (Lipinski definition) is 3. The number of thioether (sulfide) groups is 1. The second kappa shape index (κ2) is 5.26. The van der Waals surface area contributed by atoms with Crippen molar-refractivity contribution >= 4 is 22.6 Å². The standard InChI is InChI=1S/C9H10N3O3S/c10-9(11)16-5-8(13)6-1-3-7(4-2-6)12(14)15/h1-4H,5H2,(H4-,10,11,13,14,15)/q-1. The molecule has 0 spiro atoms. The van der Waals surface area contributed by atoms with E-state index in [9.17, 15) is 15.5 Å². The monoisotopic (exact) mass is 240 g/mol. The zero-order chi connectivity index (χ0) is 12.1. The lowest BCUT2D eigenvalue weighted by atomic mass is 10.1. The minimum absolute atomic E-state index is 0.0317. The van der Waals surface area contributed by atoms with Gasteiger partial charge in [-0.2, -0.15) is 4.90 Å². The molecule has 0 saturated heterocycles. The highest BCUT2D eigenvalue weighted by Gasteiger charge is 2.07. The van der Waals surface area contributed by atoms with E-state index >= 15 is 0 Å². The van der Waals surface area contributed by atoms with E-state index in [2.05, 4.69) is 0 Å². The first-order valence-electron chi connectivity index (χ1n) is 4.27. The van der Waals surface area contributed by atoms with E-state index in [0.29, 0.717) is 5.57 Å². The maximum atomic E-state index is 10.4. The van der Waals surface area contributed by atoms with Crippen LogP contribution in [-0.4, -0.2) is 26.6 Å².